The quantitative estimate of drug-likeness (QED) is 0.189. The fourth-order valence-electron chi connectivity index (χ4n) is 1.68. The maximum Gasteiger partial charge on any atom is 0.327 e. The van der Waals surface area contributed by atoms with E-state index in [0.29, 0.717) is 0 Å². The van der Waals surface area contributed by atoms with E-state index in [0.717, 1.165) is 0 Å². The van der Waals surface area contributed by atoms with Crippen LogP contribution in [0.4, 0.5) is 0 Å². The van der Waals surface area contributed by atoms with Gasteiger partial charge in [0.2, 0.25) is 17.7 Å². The third-order valence-electron chi connectivity index (χ3n) is 3.27. The minimum atomic E-state index is -1.43. The molecule has 3 amide bonds. The molecule has 0 aromatic heterocycles. The van der Waals surface area contributed by atoms with Gasteiger partial charge >= 0.3 is 11.9 Å². The van der Waals surface area contributed by atoms with Crippen LogP contribution in [0.25, 0.3) is 0 Å². The molecule has 0 spiro atoms. The van der Waals surface area contributed by atoms with Crippen molar-refractivity contribution in [2.24, 2.45) is 11.7 Å². The molecule has 0 rings (SSSR count). The van der Waals surface area contributed by atoms with Crippen molar-refractivity contribution in [3.63, 3.8) is 0 Å². The first-order valence-corrected chi connectivity index (χ1v) is 8.31. The van der Waals surface area contributed by atoms with E-state index >= 15 is 0 Å². The molecule has 3 atom stereocenters. The standard InChI is InChI=1S/C14H24N4O7S/c1-6(2)11(15)13(23)18-7(3-10(20)21)12(22)16-4-9(19)17-8(5-26)14(24)25/h6-8,11,26H,3-5,15H2,1-2H3,(H,16,22)(H,17,19)(H,18,23)(H,20,21)(H,24,25). The molecular formula is C14H24N4O7S. The molecule has 0 aliphatic rings. The van der Waals surface area contributed by atoms with Crippen LogP contribution in [0.1, 0.15) is 20.3 Å². The Labute approximate surface area is 155 Å². The number of nitrogens with two attached hydrogens (primary N) is 1. The number of nitrogens with one attached hydrogen (secondary N) is 3. The number of carbonyl (C=O) groups is 5. The minimum absolute atomic E-state index is 0.153. The van der Waals surface area contributed by atoms with Crippen molar-refractivity contribution in [1.29, 1.82) is 0 Å². The summed E-state index contributed by atoms with van der Waals surface area (Å²) in [6.07, 6.45) is -0.710. The third-order valence-corrected chi connectivity index (χ3v) is 3.64. The first-order chi connectivity index (χ1) is 12.0. The number of carboxylic acids is 2. The predicted octanol–water partition coefficient (Wildman–Crippen LogP) is -2.46. The fourth-order valence-corrected chi connectivity index (χ4v) is 1.92. The van der Waals surface area contributed by atoms with Crippen molar-refractivity contribution in [2.45, 2.75) is 38.4 Å². The molecule has 0 aromatic carbocycles. The van der Waals surface area contributed by atoms with E-state index in [1.165, 1.54) is 0 Å². The minimum Gasteiger partial charge on any atom is -0.481 e. The Kier molecular flexibility index (Phi) is 10.3. The molecule has 26 heavy (non-hydrogen) atoms. The predicted molar refractivity (Wildman–Crippen MR) is 93.4 cm³/mol. The van der Waals surface area contributed by atoms with E-state index in [9.17, 15) is 24.0 Å². The molecule has 0 fully saturated rings. The highest BCUT2D eigenvalue weighted by Gasteiger charge is 2.27. The normalized spacial score (nSPS) is 14.0. The van der Waals surface area contributed by atoms with Gasteiger partial charge in [0.05, 0.1) is 19.0 Å². The van der Waals surface area contributed by atoms with Crippen LogP contribution >= 0.6 is 12.6 Å². The second-order valence-corrected chi connectivity index (χ2v) is 6.15. The number of carbonyl (C=O) groups excluding carboxylic acids is 3. The van der Waals surface area contributed by atoms with E-state index in [4.69, 9.17) is 15.9 Å². The van der Waals surface area contributed by atoms with Gasteiger partial charge in [0.15, 0.2) is 0 Å². The van der Waals surface area contributed by atoms with Crippen molar-refractivity contribution < 1.29 is 34.2 Å². The number of amides is 3. The van der Waals surface area contributed by atoms with Crippen molar-refractivity contribution in [3.8, 4) is 0 Å². The van der Waals surface area contributed by atoms with E-state index in [2.05, 4.69) is 28.6 Å². The molecule has 0 saturated carbocycles. The Bertz CT molecular complexity index is 555. The summed E-state index contributed by atoms with van der Waals surface area (Å²) >= 11 is 3.77. The van der Waals surface area contributed by atoms with Gasteiger partial charge < -0.3 is 31.9 Å². The molecule has 0 aliphatic carbocycles. The second-order valence-electron chi connectivity index (χ2n) is 5.79. The van der Waals surface area contributed by atoms with Crippen LogP contribution in [0, 0.1) is 5.92 Å². The Balaban J connectivity index is 4.79. The molecule has 7 N–H and O–H groups in total. The number of rotatable bonds is 11. The van der Waals surface area contributed by atoms with E-state index in [1.807, 2.05) is 0 Å². The number of aliphatic carboxylic acids is 2. The maximum absolute atomic E-state index is 12.1. The van der Waals surface area contributed by atoms with E-state index in [1.54, 1.807) is 13.8 Å². The topological polar surface area (TPSA) is 188 Å². The summed E-state index contributed by atoms with van der Waals surface area (Å²) < 4.78 is 0. The molecule has 12 heteroatoms. The molecule has 3 unspecified atom stereocenters. The van der Waals surface area contributed by atoms with Gasteiger partial charge in [-0.05, 0) is 5.92 Å². The van der Waals surface area contributed by atoms with Crippen molar-refractivity contribution in [3.05, 3.63) is 0 Å². The lowest BCUT2D eigenvalue weighted by molar-refractivity contribution is -0.142. The lowest BCUT2D eigenvalue weighted by atomic mass is 10.0. The largest absolute Gasteiger partial charge is 0.481 e. The fraction of sp³-hybridized carbons (Fsp3) is 0.643. The summed E-state index contributed by atoms with van der Waals surface area (Å²) in [5, 5.41) is 24.2. The number of hydrogen-bond donors (Lipinski definition) is 7. The van der Waals surface area contributed by atoms with E-state index < -0.39 is 60.8 Å². The highest BCUT2D eigenvalue weighted by atomic mass is 32.1. The zero-order valence-electron chi connectivity index (χ0n) is 14.4. The zero-order chi connectivity index (χ0) is 20.4. The zero-order valence-corrected chi connectivity index (χ0v) is 15.3. The van der Waals surface area contributed by atoms with Crippen LogP contribution in [0.2, 0.25) is 0 Å². The van der Waals surface area contributed by atoms with Crippen LogP contribution in [0.5, 0.6) is 0 Å². The Hall–Kier alpha value is -2.34. The molecular weight excluding hydrogens is 368 g/mol. The van der Waals surface area contributed by atoms with Crippen LogP contribution in [0.15, 0.2) is 0 Å². The van der Waals surface area contributed by atoms with Crippen LogP contribution < -0.4 is 21.7 Å². The smallest absolute Gasteiger partial charge is 0.327 e. The van der Waals surface area contributed by atoms with Crippen molar-refractivity contribution >= 4 is 42.3 Å². The average molecular weight is 392 g/mol. The summed E-state index contributed by atoms with van der Waals surface area (Å²) in [5.41, 5.74) is 5.64. The molecule has 0 radical (unpaired) electrons. The summed E-state index contributed by atoms with van der Waals surface area (Å²) in [5.74, 6) is -5.44. The van der Waals surface area contributed by atoms with Gasteiger partial charge in [-0.1, -0.05) is 13.8 Å². The summed E-state index contributed by atoms with van der Waals surface area (Å²) in [4.78, 5) is 57.3. The third kappa shape index (κ3) is 8.67. The summed E-state index contributed by atoms with van der Waals surface area (Å²) in [6.45, 7) is 2.76. The van der Waals surface area contributed by atoms with Crippen LogP contribution in [0.3, 0.4) is 0 Å². The Morgan fingerprint density at radius 1 is 1.00 bits per heavy atom. The molecule has 11 nitrogen and oxygen atoms in total. The van der Waals surface area contributed by atoms with Crippen molar-refractivity contribution in [1.82, 2.24) is 16.0 Å². The molecule has 0 bridgehead atoms. The number of hydrogen-bond acceptors (Lipinski definition) is 7. The van der Waals surface area contributed by atoms with Gasteiger partial charge in [0.25, 0.3) is 0 Å². The van der Waals surface area contributed by atoms with Gasteiger partial charge in [0.1, 0.15) is 12.1 Å². The van der Waals surface area contributed by atoms with Crippen LogP contribution in [-0.2, 0) is 24.0 Å². The number of thiol groups is 1. The molecule has 0 aromatic rings. The Morgan fingerprint density at radius 2 is 1.58 bits per heavy atom. The maximum atomic E-state index is 12.1. The monoisotopic (exact) mass is 392 g/mol. The SMILES string of the molecule is CC(C)C(N)C(=O)NC(CC(=O)O)C(=O)NCC(=O)NC(CS)C(=O)O. The van der Waals surface area contributed by atoms with E-state index in [-0.39, 0.29) is 11.7 Å². The molecule has 0 heterocycles. The van der Waals surface area contributed by atoms with Gasteiger partial charge in [0, 0.05) is 5.75 Å². The first kappa shape index (κ1) is 23.7. The summed E-state index contributed by atoms with van der Waals surface area (Å²) in [7, 11) is 0. The second kappa shape index (κ2) is 11.3. The Morgan fingerprint density at radius 3 is 2.00 bits per heavy atom. The molecule has 0 aliphatic heterocycles. The molecule has 0 saturated heterocycles. The van der Waals surface area contributed by atoms with Gasteiger partial charge in [-0.25, -0.2) is 4.79 Å². The summed E-state index contributed by atoms with van der Waals surface area (Å²) in [6, 6.07) is -3.60. The van der Waals surface area contributed by atoms with Gasteiger partial charge in [-0.15, -0.1) is 0 Å². The van der Waals surface area contributed by atoms with Crippen LogP contribution in [-0.4, -0.2) is 70.3 Å². The lowest BCUT2D eigenvalue weighted by Gasteiger charge is -2.21. The first-order valence-electron chi connectivity index (χ1n) is 7.68. The van der Waals surface area contributed by atoms with Crippen molar-refractivity contribution in [2.75, 3.05) is 12.3 Å². The highest BCUT2D eigenvalue weighted by molar-refractivity contribution is 7.80. The molecule has 148 valence electrons. The average Bonchev–Trinajstić information content (AvgIpc) is 2.55. The van der Waals surface area contributed by atoms with Gasteiger partial charge in [-0.3, -0.25) is 19.2 Å². The number of carboxylic acid groups (broad SMARTS) is 2. The highest BCUT2D eigenvalue weighted by Crippen LogP contribution is 2.01. The lowest BCUT2D eigenvalue weighted by Crippen LogP contribution is -2.55. The van der Waals surface area contributed by atoms with Gasteiger partial charge in [-0.2, -0.15) is 12.6 Å².